The van der Waals surface area contributed by atoms with Crippen molar-refractivity contribution < 1.29 is 19.6 Å². The van der Waals surface area contributed by atoms with E-state index in [9.17, 15) is 14.9 Å². The van der Waals surface area contributed by atoms with Gasteiger partial charge >= 0.3 is 5.97 Å². The Balaban J connectivity index is 0.000000921. The third-order valence-electron chi connectivity index (χ3n) is 1.64. The van der Waals surface area contributed by atoms with Gasteiger partial charge in [-0.1, -0.05) is 0 Å². The molecule has 0 aromatic heterocycles. The highest BCUT2D eigenvalue weighted by molar-refractivity contribution is 5.88. The van der Waals surface area contributed by atoms with Crippen molar-refractivity contribution >= 4 is 18.4 Å². The average Bonchev–Trinajstić information content (AvgIpc) is 2.20. The smallest absolute Gasteiger partial charge is 0.335 e. The van der Waals surface area contributed by atoms with Crippen molar-refractivity contribution in [3.8, 4) is 0 Å². The molecule has 0 spiro atoms. The van der Waals surface area contributed by atoms with Crippen LogP contribution in [0, 0.1) is 17.0 Å². The van der Waals surface area contributed by atoms with Crippen molar-refractivity contribution in [3.63, 3.8) is 0 Å². The minimum atomic E-state index is -1.09. The van der Waals surface area contributed by atoms with Crippen LogP contribution in [0.2, 0.25) is 0 Å². The van der Waals surface area contributed by atoms with Crippen molar-refractivity contribution in [2.75, 3.05) is 0 Å². The molecule has 1 aromatic rings. The summed E-state index contributed by atoms with van der Waals surface area (Å²) in [6, 6.07) is 3.69. The SMILES string of the molecule is C=O.Cc1cc(C(=O)O)ccc1[N+](=O)[O-]. The molecule has 0 aliphatic rings. The first-order chi connectivity index (χ1) is 7.02. The number of carbonyl (C=O) groups is 2. The molecular formula is C9H9NO5. The van der Waals surface area contributed by atoms with Crippen LogP contribution in [-0.4, -0.2) is 22.8 Å². The molecular weight excluding hydrogens is 202 g/mol. The molecule has 0 atom stereocenters. The van der Waals surface area contributed by atoms with E-state index in [4.69, 9.17) is 9.90 Å². The Labute approximate surface area is 85.3 Å². The van der Waals surface area contributed by atoms with Crippen LogP contribution in [0.3, 0.4) is 0 Å². The average molecular weight is 211 g/mol. The number of aryl methyl sites for hydroxylation is 1. The minimum Gasteiger partial charge on any atom is -0.478 e. The van der Waals surface area contributed by atoms with Crippen molar-refractivity contribution in [2.45, 2.75) is 6.92 Å². The zero-order valence-electron chi connectivity index (χ0n) is 7.97. The van der Waals surface area contributed by atoms with Gasteiger partial charge < -0.3 is 9.90 Å². The molecule has 0 amide bonds. The highest BCUT2D eigenvalue weighted by Gasteiger charge is 2.12. The second-order valence-electron chi connectivity index (χ2n) is 2.56. The van der Waals surface area contributed by atoms with E-state index in [2.05, 4.69) is 0 Å². The third kappa shape index (κ3) is 3.18. The van der Waals surface area contributed by atoms with E-state index in [1.165, 1.54) is 25.1 Å². The van der Waals surface area contributed by atoms with Gasteiger partial charge in [-0.05, 0) is 19.1 Å². The van der Waals surface area contributed by atoms with Crippen LogP contribution in [0.1, 0.15) is 15.9 Å². The zero-order valence-corrected chi connectivity index (χ0v) is 7.97. The van der Waals surface area contributed by atoms with Crippen LogP contribution in [0.25, 0.3) is 0 Å². The van der Waals surface area contributed by atoms with Gasteiger partial charge in [-0.3, -0.25) is 10.1 Å². The van der Waals surface area contributed by atoms with Crippen LogP contribution in [-0.2, 0) is 4.79 Å². The molecule has 1 rings (SSSR count). The normalized spacial score (nSPS) is 8.60. The number of hydrogen-bond acceptors (Lipinski definition) is 4. The summed E-state index contributed by atoms with van der Waals surface area (Å²) < 4.78 is 0. The topological polar surface area (TPSA) is 97.5 Å². The maximum Gasteiger partial charge on any atom is 0.335 e. The molecule has 0 heterocycles. The van der Waals surface area contributed by atoms with Gasteiger partial charge in [0.15, 0.2) is 0 Å². The molecule has 0 radical (unpaired) electrons. The quantitative estimate of drug-likeness (QED) is 0.589. The molecule has 0 aliphatic carbocycles. The molecule has 6 nitrogen and oxygen atoms in total. The van der Waals surface area contributed by atoms with E-state index in [1.807, 2.05) is 6.79 Å². The van der Waals surface area contributed by atoms with E-state index >= 15 is 0 Å². The molecule has 0 fully saturated rings. The summed E-state index contributed by atoms with van der Waals surface area (Å²) in [6.07, 6.45) is 0. The lowest BCUT2D eigenvalue weighted by molar-refractivity contribution is -0.385. The number of rotatable bonds is 2. The Morgan fingerprint density at radius 1 is 1.47 bits per heavy atom. The van der Waals surface area contributed by atoms with Crippen molar-refractivity contribution in [1.82, 2.24) is 0 Å². The first-order valence-corrected chi connectivity index (χ1v) is 3.79. The summed E-state index contributed by atoms with van der Waals surface area (Å²) in [6.45, 7) is 3.50. The number of carboxylic acids is 1. The summed E-state index contributed by atoms with van der Waals surface area (Å²) in [5.41, 5.74) is 0.345. The number of nitro groups is 1. The number of carboxylic acid groups (broad SMARTS) is 1. The number of hydrogen-bond donors (Lipinski definition) is 1. The van der Waals surface area contributed by atoms with Gasteiger partial charge in [0.05, 0.1) is 10.5 Å². The molecule has 0 saturated carbocycles. The first-order valence-electron chi connectivity index (χ1n) is 3.79. The Morgan fingerprint density at radius 2 is 2.00 bits per heavy atom. The third-order valence-corrected chi connectivity index (χ3v) is 1.64. The van der Waals surface area contributed by atoms with Crippen molar-refractivity contribution in [1.29, 1.82) is 0 Å². The lowest BCUT2D eigenvalue weighted by Gasteiger charge is -1.97. The molecule has 0 saturated heterocycles. The highest BCUT2D eigenvalue weighted by atomic mass is 16.6. The molecule has 0 bridgehead atoms. The van der Waals surface area contributed by atoms with E-state index in [-0.39, 0.29) is 11.3 Å². The number of benzene rings is 1. The van der Waals surface area contributed by atoms with Crippen LogP contribution in [0.15, 0.2) is 18.2 Å². The predicted molar refractivity (Wildman–Crippen MR) is 51.9 cm³/mol. The Hall–Kier alpha value is -2.24. The van der Waals surface area contributed by atoms with Gasteiger partial charge in [0.1, 0.15) is 6.79 Å². The Kier molecular flexibility index (Phi) is 4.66. The molecule has 15 heavy (non-hydrogen) atoms. The largest absolute Gasteiger partial charge is 0.478 e. The summed E-state index contributed by atoms with van der Waals surface area (Å²) in [7, 11) is 0. The predicted octanol–water partition coefficient (Wildman–Crippen LogP) is 1.42. The maximum absolute atomic E-state index is 10.5. The second kappa shape index (κ2) is 5.48. The molecule has 0 aliphatic heterocycles. The molecule has 6 heteroatoms. The maximum atomic E-state index is 10.5. The zero-order chi connectivity index (χ0) is 12.0. The number of aromatic carboxylic acids is 1. The van der Waals surface area contributed by atoms with E-state index < -0.39 is 10.9 Å². The number of nitro benzene ring substituents is 1. The van der Waals surface area contributed by atoms with Crippen LogP contribution in [0.4, 0.5) is 5.69 Å². The molecule has 1 N–H and O–H groups in total. The molecule has 80 valence electrons. The fourth-order valence-electron chi connectivity index (χ4n) is 0.993. The second-order valence-corrected chi connectivity index (χ2v) is 2.56. The number of nitrogens with zero attached hydrogens (tertiary/aromatic N) is 1. The standard InChI is InChI=1S/C8H7NO4.CH2O/c1-5-4-6(8(10)11)2-3-7(5)9(12)13;1-2/h2-4H,1H3,(H,10,11);1H2. The van der Waals surface area contributed by atoms with E-state index in [0.717, 1.165) is 0 Å². The van der Waals surface area contributed by atoms with Crippen LogP contribution in [0.5, 0.6) is 0 Å². The Morgan fingerprint density at radius 3 is 2.33 bits per heavy atom. The molecule has 0 unspecified atom stereocenters. The first kappa shape index (κ1) is 12.8. The Bertz CT molecular complexity index is 388. The van der Waals surface area contributed by atoms with E-state index in [1.54, 1.807) is 0 Å². The molecule has 1 aromatic carbocycles. The number of carbonyl (C=O) groups excluding carboxylic acids is 1. The van der Waals surface area contributed by atoms with E-state index in [0.29, 0.717) is 5.56 Å². The summed E-state index contributed by atoms with van der Waals surface area (Å²) in [5.74, 6) is -1.09. The van der Waals surface area contributed by atoms with Gasteiger partial charge in [0, 0.05) is 11.6 Å². The monoisotopic (exact) mass is 211 g/mol. The lowest BCUT2D eigenvalue weighted by Crippen LogP contribution is -1.98. The van der Waals surface area contributed by atoms with Gasteiger partial charge in [-0.25, -0.2) is 4.79 Å². The van der Waals surface area contributed by atoms with Gasteiger partial charge in [-0.15, -0.1) is 0 Å². The fraction of sp³-hybridized carbons (Fsp3) is 0.111. The van der Waals surface area contributed by atoms with Gasteiger partial charge in [0.2, 0.25) is 0 Å². The summed E-state index contributed by atoms with van der Waals surface area (Å²) >= 11 is 0. The van der Waals surface area contributed by atoms with Crippen LogP contribution >= 0.6 is 0 Å². The van der Waals surface area contributed by atoms with Crippen molar-refractivity contribution in [3.05, 3.63) is 39.4 Å². The minimum absolute atomic E-state index is 0.0584. The summed E-state index contributed by atoms with van der Waals surface area (Å²) in [5, 5.41) is 18.9. The van der Waals surface area contributed by atoms with Gasteiger partial charge in [0.25, 0.3) is 5.69 Å². The van der Waals surface area contributed by atoms with Gasteiger partial charge in [-0.2, -0.15) is 0 Å². The highest BCUT2D eigenvalue weighted by Crippen LogP contribution is 2.18. The van der Waals surface area contributed by atoms with Crippen molar-refractivity contribution in [2.24, 2.45) is 0 Å². The lowest BCUT2D eigenvalue weighted by atomic mass is 10.1. The fourth-order valence-corrected chi connectivity index (χ4v) is 0.993. The van der Waals surface area contributed by atoms with Crippen LogP contribution < -0.4 is 0 Å². The summed E-state index contributed by atoms with van der Waals surface area (Å²) in [4.78, 5) is 28.3.